The number of carbonyl (C=O) groups excluding carboxylic acids is 2. The number of alkyl halides is 3. The van der Waals surface area contributed by atoms with Crippen molar-refractivity contribution in [2.45, 2.75) is 63.6 Å². The molecule has 2 fully saturated rings. The minimum absolute atomic E-state index is 0.112. The van der Waals surface area contributed by atoms with E-state index in [4.69, 9.17) is 0 Å². The molecule has 4 nitrogen and oxygen atoms in total. The van der Waals surface area contributed by atoms with Crippen LogP contribution in [-0.2, 0) is 15.8 Å². The molecule has 142 valence electrons. The molecule has 0 bridgehead atoms. The quantitative estimate of drug-likeness (QED) is 0.616. The average molecular weight is 368 g/mol. The molecule has 0 unspecified atom stereocenters. The van der Waals surface area contributed by atoms with Gasteiger partial charge in [0.05, 0.1) is 5.56 Å². The molecule has 2 amide bonds. The highest BCUT2D eigenvalue weighted by Gasteiger charge is 2.56. The summed E-state index contributed by atoms with van der Waals surface area (Å²) in [6, 6.07) is 4.36. The second kappa shape index (κ2) is 7.29. The number of carbonyl (C=O) groups is 2. The Kier molecular flexibility index (Phi) is 5.25. The van der Waals surface area contributed by atoms with Gasteiger partial charge in [0.2, 0.25) is 11.8 Å². The van der Waals surface area contributed by atoms with Crippen molar-refractivity contribution in [1.82, 2.24) is 5.32 Å². The summed E-state index contributed by atoms with van der Waals surface area (Å²) in [5, 5.41) is 5.60. The molecule has 0 atom stereocenters. The number of hydrogen-bond donors (Lipinski definition) is 2. The molecule has 1 aromatic rings. The molecule has 0 aliphatic heterocycles. The number of hydrogen-bond acceptors (Lipinski definition) is 2. The van der Waals surface area contributed by atoms with Crippen LogP contribution in [0.25, 0.3) is 0 Å². The number of amides is 2. The lowest BCUT2D eigenvalue weighted by Crippen LogP contribution is -2.44. The second-order valence-corrected chi connectivity index (χ2v) is 7.27. The van der Waals surface area contributed by atoms with E-state index in [1.807, 2.05) is 0 Å². The first-order valence-corrected chi connectivity index (χ1v) is 9.11. The van der Waals surface area contributed by atoms with E-state index in [2.05, 4.69) is 10.6 Å². The first-order valence-electron chi connectivity index (χ1n) is 9.11. The molecule has 0 saturated heterocycles. The molecule has 2 aliphatic carbocycles. The fourth-order valence-electron chi connectivity index (χ4n) is 3.42. The van der Waals surface area contributed by atoms with Crippen LogP contribution in [0.15, 0.2) is 24.3 Å². The zero-order valence-electron chi connectivity index (χ0n) is 14.5. The van der Waals surface area contributed by atoms with Gasteiger partial charge in [-0.3, -0.25) is 9.59 Å². The number of rotatable bonds is 4. The normalized spacial score (nSPS) is 20.1. The lowest BCUT2D eigenvalue weighted by atomic mass is 10.0. The van der Waals surface area contributed by atoms with Gasteiger partial charge < -0.3 is 10.6 Å². The zero-order chi connectivity index (χ0) is 18.8. The molecular weight excluding hydrogens is 345 g/mol. The fraction of sp³-hybridized carbons (Fsp3) is 0.579. The van der Waals surface area contributed by atoms with Crippen molar-refractivity contribution >= 4 is 17.5 Å². The highest BCUT2D eigenvalue weighted by atomic mass is 19.4. The van der Waals surface area contributed by atoms with Gasteiger partial charge in [-0.05, 0) is 49.9 Å². The Labute approximate surface area is 150 Å². The summed E-state index contributed by atoms with van der Waals surface area (Å²) >= 11 is 0. The first-order chi connectivity index (χ1) is 12.3. The topological polar surface area (TPSA) is 58.2 Å². The van der Waals surface area contributed by atoms with Crippen molar-refractivity contribution in [3.8, 4) is 0 Å². The molecule has 1 aromatic carbocycles. The van der Waals surface area contributed by atoms with Crippen molar-refractivity contribution in [3.63, 3.8) is 0 Å². The Hall–Kier alpha value is -2.05. The molecule has 0 aromatic heterocycles. The van der Waals surface area contributed by atoms with Gasteiger partial charge in [0.1, 0.15) is 5.41 Å². The third kappa shape index (κ3) is 4.19. The number of nitrogens with one attached hydrogen (secondary N) is 2. The van der Waals surface area contributed by atoms with E-state index in [0.29, 0.717) is 12.8 Å². The van der Waals surface area contributed by atoms with Crippen LogP contribution in [-0.4, -0.2) is 17.9 Å². The maximum atomic E-state index is 12.6. The highest BCUT2D eigenvalue weighted by Crippen LogP contribution is 2.47. The molecule has 2 saturated carbocycles. The minimum Gasteiger partial charge on any atom is -0.352 e. The van der Waals surface area contributed by atoms with Crippen LogP contribution in [0.5, 0.6) is 0 Å². The Bertz CT molecular complexity index is 658. The minimum atomic E-state index is -4.42. The summed E-state index contributed by atoms with van der Waals surface area (Å²) < 4.78 is 37.8. The van der Waals surface area contributed by atoms with Gasteiger partial charge in [-0.2, -0.15) is 13.2 Å². The van der Waals surface area contributed by atoms with Gasteiger partial charge in [0.25, 0.3) is 0 Å². The van der Waals surface area contributed by atoms with Crippen molar-refractivity contribution in [2.24, 2.45) is 5.41 Å². The van der Waals surface area contributed by atoms with E-state index in [9.17, 15) is 22.8 Å². The molecule has 0 heterocycles. The van der Waals surface area contributed by atoms with Gasteiger partial charge in [0.15, 0.2) is 0 Å². The van der Waals surface area contributed by atoms with Crippen LogP contribution < -0.4 is 10.6 Å². The summed E-state index contributed by atoms with van der Waals surface area (Å²) in [5.41, 5.74) is -1.59. The summed E-state index contributed by atoms with van der Waals surface area (Å²) in [7, 11) is 0. The van der Waals surface area contributed by atoms with E-state index >= 15 is 0 Å². The lowest BCUT2D eigenvalue weighted by molar-refractivity contribution is -0.137. The van der Waals surface area contributed by atoms with E-state index in [0.717, 1.165) is 37.8 Å². The molecule has 2 aliphatic rings. The smallest absolute Gasteiger partial charge is 0.352 e. The number of halogens is 3. The molecular formula is C19H23F3N2O2. The summed E-state index contributed by atoms with van der Waals surface area (Å²) in [4.78, 5) is 25.1. The maximum absolute atomic E-state index is 12.6. The number of anilines is 1. The van der Waals surface area contributed by atoms with Gasteiger partial charge >= 0.3 is 6.18 Å². The molecule has 0 spiro atoms. The van der Waals surface area contributed by atoms with Gasteiger partial charge in [-0.1, -0.05) is 25.7 Å². The third-order valence-corrected chi connectivity index (χ3v) is 5.28. The second-order valence-electron chi connectivity index (χ2n) is 7.27. The summed E-state index contributed by atoms with van der Waals surface area (Å²) in [5.74, 6) is -0.697. The fourth-order valence-corrected chi connectivity index (χ4v) is 3.42. The van der Waals surface area contributed by atoms with Crippen LogP contribution >= 0.6 is 0 Å². The molecule has 7 heteroatoms. The van der Waals surface area contributed by atoms with Gasteiger partial charge in [-0.15, -0.1) is 0 Å². The molecule has 3 rings (SSSR count). The van der Waals surface area contributed by atoms with Crippen molar-refractivity contribution < 1.29 is 22.8 Å². The predicted octanol–water partition coefficient (Wildman–Crippen LogP) is 4.26. The Morgan fingerprint density at radius 2 is 1.50 bits per heavy atom. The monoisotopic (exact) mass is 368 g/mol. The molecule has 26 heavy (non-hydrogen) atoms. The predicted molar refractivity (Wildman–Crippen MR) is 91.4 cm³/mol. The van der Waals surface area contributed by atoms with E-state index in [1.165, 1.54) is 25.0 Å². The van der Waals surface area contributed by atoms with E-state index < -0.39 is 23.1 Å². The first kappa shape index (κ1) is 18.7. The Morgan fingerprint density at radius 3 is 2.00 bits per heavy atom. The largest absolute Gasteiger partial charge is 0.416 e. The zero-order valence-corrected chi connectivity index (χ0v) is 14.5. The maximum Gasteiger partial charge on any atom is 0.416 e. The SMILES string of the molecule is O=C(Nc1ccc(C(F)(F)F)cc1)C1(C(=O)NC2CCCCCC2)CC1. The van der Waals surface area contributed by atoms with Gasteiger partial charge in [-0.25, -0.2) is 0 Å². The Balaban J connectivity index is 1.60. The van der Waals surface area contributed by atoms with Gasteiger partial charge in [0, 0.05) is 11.7 Å². The molecule has 0 radical (unpaired) electrons. The number of benzene rings is 1. The highest BCUT2D eigenvalue weighted by molar-refractivity contribution is 6.13. The molecule has 2 N–H and O–H groups in total. The average Bonchev–Trinajstić information content (AvgIpc) is 3.40. The van der Waals surface area contributed by atoms with Crippen LogP contribution in [0.4, 0.5) is 18.9 Å². The van der Waals surface area contributed by atoms with E-state index in [-0.39, 0.29) is 17.6 Å². The standard InChI is InChI=1S/C19H23F3N2O2/c20-19(21,22)13-7-9-15(10-8-13)24-17(26)18(11-12-18)16(25)23-14-5-3-1-2-4-6-14/h7-10,14H,1-6,11-12H2,(H,23,25)(H,24,26). The van der Waals surface area contributed by atoms with Crippen molar-refractivity contribution in [2.75, 3.05) is 5.32 Å². The lowest BCUT2D eigenvalue weighted by Gasteiger charge is -2.21. The van der Waals surface area contributed by atoms with Crippen LogP contribution in [0.1, 0.15) is 56.9 Å². The van der Waals surface area contributed by atoms with Crippen LogP contribution in [0.3, 0.4) is 0 Å². The summed E-state index contributed by atoms with van der Waals surface area (Å²) in [6.45, 7) is 0. The van der Waals surface area contributed by atoms with Crippen LogP contribution in [0.2, 0.25) is 0 Å². The van der Waals surface area contributed by atoms with Crippen molar-refractivity contribution in [3.05, 3.63) is 29.8 Å². The van der Waals surface area contributed by atoms with Crippen LogP contribution in [0, 0.1) is 5.41 Å². The van der Waals surface area contributed by atoms with E-state index in [1.54, 1.807) is 0 Å². The van der Waals surface area contributed by atoms with Crippen molar-refractivity contribution in [1.29, 1.82) is 0 Å². The third-order valence-electron chi connectivity index (χ3n) is 5.28. The Morgan fingerprint density at radius 1 is 0.923 bits per heavy atom. The summed E-state index contributed by atoms with van der Waals surface area (Å²) in [6.07, 6.45) is 2.89.